The van der Waals surface area contributed by atoms with Gasteiger partial charge < -0.3 is 14.2 Å². The number of carbonyl (C=O) groups excluding carboxylic acids is 3. The van der Waals surface area contributed by atoms with E-state index < -0.39 is 6.10 Å². The van der Waals surface area contributed by atoms with Crippen molar-refractivity contribution in [2.45, 2.75) is 341 Å². The van der Waals surface area contributed by atoms with Gasteiger partial charge >= 0.3 is 17.9 Å². The quantitative estimate of drug-likeness (QED) is 0.0262. The monoisotopic (exact) mass is 957 g/mol. The zero-order valence-electron chi connectivity index (χ0n) is 45.9. The molecule has 0 spiro atoms. The minimum absolute atomic E-state index is 0.0713. The van der Waals surface area contributed by atoms with Crippen LogP contribution in [-0.4, -0.2) is 37.2 Å². The van der Waals surface area contributed by atoms with Gasteiger partial charge in [-0.1, -0.05) is 270 Å². The number of rotatable bonds is 56. The molecule has 400 valence electrons. The molecule has 0 saturated heterocycles. The number of esters is 3. The van der Waals surface area contributed by atoms with Crippen molar-refractivity contribution in [2.75, 3.05) is 13.2 Å². The summed E-state index contributed by atoms with van der Waals surface area (Å²) in [6, 6.07) is 0. The molecule has 0 aromatic rings. The molecule has 0 rings (SSSR count). The fourth-order valence-electron chi connectivity index (χ4n) is 9.08. The molecule has 0 aromatic heterocycles. The second-order valence-corrected chi connectivity index (χ2v) is 20.6. The lowest BCUT2D eigenvalue weighted by molar-refractivity contribution is -0.167. The van der Waals surface area contributed by atoms with E-state index in [1.807, 2.05) is 0 Å². The number of hydrogen-bond acceptors (Lipinski definition) is 6. The predicted octanol–water partition coefficient (Wildman–Crippen LogP) is 20.3. The molecule has 0 heterocycles. The fourth-order valence-corrected chi connectivity index (χ4v) is 9.08. The molecular weight excluding hydrogens is 841 g/mol. The van der Waals surface area contributed by atoms with E-state index in [0.29, 0.717) is 19.3 Å². The molecule has 0 unspecified atom stereocenters. The van der Waals surface area contributed by atoms with Crippen molar-refractivity contribution in [3.8, 4) is 0 Å². The summed E-state index contributed by atoms with van der Waals surface area (Å²) in [5, 5.41) is 0. The Hall–Kier alpha value is -2.11. The summed E-state index contributed by atoms with van der Waals surface area (Å²) in [7, 11) is 0. The van der Waals surface area contributed by atoms with Crippen molar-refractivity contribution in [3.63, 3.8) is 0 Å². The summed E-state index contributed by atoms with van der Waals surface area (Å²) in [5.74, 6) is -0.862. The molecule has 0 saturated carbocycles. The Morgan fingerprint density at radius 2 is 0.485 bits per heavy atom. The molecule has 0 N–H and O–H groups in total. The first-order valence-corrected chi connectivity index (χ1v) is 30.3. The summed E-state index contributed by atoms with van der Waals surface area (Å²) < 4.78 is 16.9. The van der Waals surface area contributed by atoms with Crippen LogP contribution >= 0.6 is 0 Å². The number of allylic oxidation sites excluding steroid dienone is 4. The Bertz CT molecular complexity index is 1100. The highest BCUT2D eigenvalue weighted by Gasteiger charge is 2.19. The van der Waals surface area contributed by atoms with E-state index in [1.54, 1.807) is 0 Å². The van der Waals surface area contributed by atoms with Gasteiger partial charge in [0.25, 0.3) is 0 Å². The Morgan fingerprint density at radius 3 is 0.735 bits per heavy atom. The van der Waals surface area contributed by atoms with Gasteiger partial charge in [-0.2, -0.15) is 0 Å². The van der Waals surface area contributed by atoms with Gasteiger partial charge in [0, 0.05) is 19.3 Å². The SMILES string of the molecule is CCCCCCCCC/C=C\CCCCCCCC(=O)O[C@@H](COC(=O)CCCCCCCCC/C=C\CCCCCCCCCC)COC(=O)CCCCCCCCCCCCCCCCC. The Balaban J connectivity index is 4.33. The summed E-state index contributed by atoms with van der Waals surface area (Å²) in [6.07, 6.45) is 67.4. The van der Waals surface area contributed by atoms with Crippen LogP contribution in [0, 0.1) is 0 Å². The molecule has 0 fully saturated rings. The van der Waals surface area contributed by atoms with Gasteiger partial charge in [0.05, 0.1) is 0 Å². The van der Waals surface area contributed by atoms with Crippen LogP contribution < -0.4 is 0 Å². The van der Waals surface area contributed by atoms with Gasteiger partial charge in [-0.05, 0) is 70.6 Å². The van der Waals surface area contributed by atoms with Crippen molar-refractivity contribution in [1.29, 1.82) is 0 Å². The van der Waals surface area contributed by atoms with E-state index in [2.05, 4.69) is 45.1 Å². The van der Waals surface area contributed by atoms with Crippen LogP contribution in [0.3, 0.4) is 0 Å². The maximum absolute atomic E-state index is 12.9. The summed E-state index contributed by atoms with van der Waals surface area (Å²) in [4.78, 5) is 38.2. The van der Waals surface area contributed by atoms with Crippen LogP contribution in [-0.2, 0) is 28.6 Å². The van der Waals surface area contributed by atoms with Gasteiger partial charge in [0.1, 0.15) is 13.2 Å². The second kappa shape index (κ2) is 57.5. The van der Waals surface area contributed by atoms with Gasteiger partial charge in [0.15, 0.2) is 6.10 Å². The highest BCUT2D eigenvalue weighted by atomic mass is 16.6. The van der Waals surface area contributed by atoms with E-state index in [1.165, 1.54) is 231 Å². The molecule has 1 atom stereocenters. The van der Waals surface area contributed by atoms with Crippen molar-refractivity contribution in [3.05, 3.63) is 24.3 Å². The lowest BCUT2D eigenvalue weighted by Gasteiger charge is -2.18. The van der Waals surface area contributed by atoms with Crippen molar-refractivity contribution >= 4 is 17.9 Å². The van der Waals surface area contributed by atoms with E-state index in [-0.39, 0.29) is 31.1 Å². The first kappa shape index (κ1) is 65.9. The van der Waals surface area contributed by atoms with E-state index in [0.717, 1.165) is 64.2 Å². The third-order valence-electron chi connectivity index (χ3n) is 13.7. The molecule has 0 aromatic carbocycles. The van der Waals surface area contributed by atoms with Crippen molar-refractivity contribution in [2.24, 2.45) is 0 Å². The topological polar surface area (TPSA) is 78.9 Å². The highest BCUT2D eigenvalue weighted by molar-refractivity contribution is 5.71. The first-order valence-electron chi connectivity index (χ1n) is 30.3. The third-order valence-corrected chi connectivity index (χ3v) is 13.7. The summed E-state index contributed by atoms with van der Waals surface area (Å²) in [5.41, 5.74) is 0. The van der Waals surface area contributed by atoms with E-state index >= 15 is 0 Å². The molecule has 6 heteroatoms. The molecule has 0 amide bonds. The summed E-state index contributed by atoms with van der Waals surface area (Å²) in [6.45, 7) is 6.68. The van der Waals surface area contributed by atoms with Gasteiger partial charge in [-0.25, -0.2) is 0 Å². The standard InChI is InChI=1S/C62H116O6/c1-4-7-10-13-16-19-22-25-28-30-31-32-35-37-40-43-46-49-52-55-61(64)67-58-59(57-66-60(63)54-51-48-45-42-39-36-33-27-24-21-18-15-12-9-6-3)68-62(65)56-53-50-47-44-41-38-34-29-26-23-20-17-14-11-8-5-2/h29-31,34,59H,4-28,32-33,35-58H2,1-3H3/b31-30-,34-29-/t59-/m1/s1. The van der Waals surface area contributed by atoms with Gasteiger partial charge in [-0.3, -0.25) is 14.4 Å². The Kier molecular flexibility index (Phi) is 55.7. The molecule has 0 aliphatic rings. The van der Waals surface area contributed by atoms with Gasteiger partial charge in [-0.15, -0.1) is 0 Å². The smallest absolute Gasteiger partial charge is 0.306 e. The maximum atomic E-state index is 12.9. The lowest BCUT2D eigenvalue weighted by atomic mass is 10.0. The van der Waals surface area contributed by atoms with E-state index in [9.17, 15) is 14.4 Å². The molecular formula is C62H116O6. The zero-order chi connectivity index (χ0) is 49.3. The molecule has 0 aliphatic carbocycles. The average Bonchev–Trinajstić information content (AvgIpc) is 3.34. The number of hydrogen-bond donors (Lipinski definition) is 0. The fraction of sp³-hybridized carbons (Fsp3) is 0.887. The molecule has 0 aliphatic heterocycles. The lowest BCUT2D eigenvalue weighted by Crippen LogP contribution is -2.30. The van der Waals surface area contributed by atoms with Crippen LogP contribution in [0.2, 0.25) is 0 Å². The minimum atomic E-state index is -0.774. The minimum Gasteiger partial charge on any atom is -0.462 e. The summed E-state index contributed by atoms with van der Waals surface area (Å²) >= 11 is 0. The number of carbonyl (C=O) groups is 3. The van der Waals surface area contributed by atoms with Crippen LogP contribution in [0.1, 0.15) is 335 Å². The predicted molar refractivity (Wildman–Crippen MR) is 293 cm³/mol. The van der Waals surface area contributed by atoms with Crippen LogP contribution in [0.4, 0.5) is 0 Å². The third kappa shape index (κ3) is 54.8. The molecule has 6 nitrogen and oxygen atoms in total. The number of unbranched alkanes of at least 4 members (excludes halogenated alkanes) is 41. The molecule has 0 bridgehead atoms. The first-order chi connectivity index (χ1) is 33.5. The molecule has 0 radical (unpaired) electrons. The van der Waals surface area contributed by atoms with Crippen LogP contribution in [0.5, 0.6) is 0 Å². The maximum Gasteiger partial charge on any atom is 0.306 e. The zero-order valence-corrected chi connectivity index (χ0v) is 45.9. The molecule has 68 heavy (non-hydrogen) atoms. The highest BCUT2D eigenvalue weighted by Crippen LogP contribution is 2.17. The Morgan fingerprint density at radius 1 is 0.279 bits per heavy atom. The second-order valence-electron chi connectivity index (χ2n) is 20.6. The average molecular weight is 958 g/mol. The Labute approximate surface area is 423 Å². The number of ether oxygens (including phenoxy) is 3. The normalized spacial score (nSPS) is 12.1. The van der Waals surface area contributed by atoms with Crippen LogP contribution in [0.25, 0.3) is 0 Å². The largest absolute Gasteiger partial charge is 0.462 e. The van der Waals surface area contributed by atoms with Crippen LogP contribution in [0.15, 0.2) is 24.3 Å². The van der Waals surface area contributed by atoms with Crippen molar-refractivity contribution < 1.29 is 28.6 Å². The van der Waals surface area contributed by atoms with Gasteiger partial charge in [0.2, 0.25) is 0 Å². The van der Waals surface area contributed by atoms with E-state index in [4.69, 9.17) is 14.2 Å². The van der Waals surface area contributed by atoms with Crippen molar-refractivity contribution in [1.82, 2.24) is 0 Å².